The van der Waals surface area contributed by atoms with Gasteiger partial charge in [-0.2, -0.15) is 0 Å². The van der Waals surface area contributed by atoms with Gasteiger partial charge in [0.2, 0.25) is 5.91 Å². The minimum atomic E-state index is -0.521. The summed E-state index contributed by atoms with van der Waals surface area (Å²) in [5, 5.41) is 3.00. The van der Waals surface area contributed by atoms with Crippen molar-refractivity contribution in [2.24, 2.45) is 7.05 Å². The summed E-state index contributed by atoms with van der Waals surface area (Å²) in [5.41, 5.74) is 1.60. The lowest BCUT2D eigenvalue weighted by molar-refractivity contribution is -0.125. The molecule has 2 rings (SSSR count). The maximum absolute atomic E-state index is 12.4. The van der Waals surface area contributed by atoms with Crippen molar-refractivity contribution in [2.75, 3.05) is 0 Å². The third-order valence-corrected chi connectivity index (χ3v) is 3.54. The molecule has 0 atom stereocenters. The van der Waals surface area contributed by atoms with Crippen LogP contribution in [0.25, 0.3) is 0 Å². The van der Waals surface area contributed by atoms with Crippen molar-refractivity contribution >= 4 is 5.91 Å². The lowest BCUT2D eigenvalue weighted by Gasteiger charge is -2.24. The Balaban J connectivity index is 2.05. The van der Waals surface area contributed by atoms with Crippen LogP contribution in [0.15, 0.2) is 48.7 Å². The minimum Gasteiger partial charge on any atom is -0.353 e. The molecule has 1 aromatic carbocycles. The molecule has 0 aliphatic carbocycles. The van der Waals surface area contributed by atoms with E-state index in [9.17, 15) is 4.79 Å². The number of carbonyl (C=O) groups excluding carboxylic acids is 1. The molecule has 0 fully saturated rings. The van der Waals surface area contributed by atoms with Crippen LogP contribution in [-0.2, 0) is 23.8 Å². The van der Waals surface area contributed by atoms with Crippen molar-refractivity contribution in [2.45, 2.75) is 25.8 Å². The monoisotopic (exact) mass is 256 g/mol. The van der Waals surface area contributed by atoms with Crippen LogP contribution in [0.3, 0.4) is 0 Å². The molecule has 0 saturated heterocycles. The van der Waals surface area contributed by atoms with E-state index in [-0.39, 0.29) is 5.91 Å². The van der Waals surface area contributed by atoms with E-state index < -0.39 is 5.41 Å². The summed E-state index contributed by atoms with van der Waals surface area (Å²) in [6.45, 7) is 4.45. The Hall–Kier alpha value is -2.03. The van der Waals surface area contributed by atoms with E-state index in [2.05, 4.69) is 5.32 Å². The van der Waals surface area contributed by atoms with Gasteiger partial charge in [0.15, 0.2) is 0 Å². The zero-order chi connectivity index (χ0) is 13.9. The first kappa shape index (κ1) is 13.4. The lowest BCUT2D eigenvalue weighted by atomic mass is 9.84. The molecule has 0 spiro atoms. The third-order valence-electron chi connectivity index (χ3n) is 3.54. The van der Waals surface area contributed by atoms with Crippen LogP contribution in [-0.4, -0.2) is 10.5 Å². The topological polar surface area (TPSA) is 34.0 Å². The number of aromatic nitrogens is 1. The van der Waals surface area contributed by atoms with E-state index >= 15 is 0 Å². The fraction of sp³-hybridized carbons (Fsp3) is 0.312. The normalized spacial score (nSPS) is 11.3. The molecule has 1 heterocycles. The SMILES string of the molecule is Cn1cccc1CNC(=O)C(C)(C)c1ccccc1. The van der Waals surface area contributed by atoms with E-state index in [0.29, 0.717) is 6.54 Å². The standard InChI is InChI=1S/C16H20N2O/c1-16(2,13-8-5-4-6-9-13)15(19)17-12-14-10-7-11-18(14)3/h4-11H,12H2,1-3H3,(H,17,19). The molecule has 0 saturated carbocycles. The average molecular weight is 256 g/mol. The number of benzene rings is 1. The zero-order valence-electron chi connectivity index (χ0n) is 11.7. The highest BCUT2D eigenvalue weighted by Crippen LogP contribution is 2.23. The lowest BCUT2D eigenvalue weighted by Crippen LogP contribution is -2.39. The predicted octanol–water partition coefficient (Wildman–Crippen LogP) is 2.62. The Bertz CT molecular complexity index is 555. The molecular weight excluding hydrogens is 236 g/mol. The van der Waals surface area contributed by atoms with Gasteiger partial charge in [-0.3, -0.25) is 4.79 Å². The molecule has 0 unspecified atom stereocenters. The summed E-state index contributed by atoms with van der Waals surface area (Å²) in [4.78, 5) is 12.4. The molecule has 1 N–H and O–H groups in total. The Labute approximate surface area is 114 Å². The number of hydrogen-bond donors (Lipinski definition) is 1. The van der Waals surface area contributed by atoms with E-state index in [4.69, 9.17) is 0 Å². The van der Waals surface area contributed by atoms with E-state index in [1.165, 1.54) is 0 Å². The van der Waals surface area contributed by atoms with Gasteiger partial charge in [-0.05, 0) is 31.5 Å². The first-order chi connectivity index (χ1) is 9.01. The van der Waals surface area contributed by atoms with Crippen LogP contribution in [0.2, 0.25) is 0 Å². The minimum absolute atomic E-state index is 0.0416. The first-order valence-electron chi connectivity index (χ1n) is 6.46. The number of aryl methyl sites for hydroxylation is 1. The molecule has 0 radical (unpaired) electrons. The number of carbonyl (C=O) groups is 1. The Kier molecular flexibility index (Phi) is 3.74. The van der Waals surface area contributed by atoms with Gasteiger partial charge in [0, 0.05) is 18.9 Å². The number of amides is 1. The Morgan fingerprint density at radius 2 is 1.84 bits per heavy atom. The molecule has 3 nitrogen and oxygen atoms in total. The Morgan fingerprint density at radius 1 is 1.16 bits per heavy atom. The molecule has 1 amide bonds. The van der Waals surface area contributed by atoms with Crippen LogP contribution < -0.4 is 5.32 Å². The highest BCUT2D eigenvalue weighted by atomic mass is 16.2. The number of rotatable bonds is 4. The number of nitrogens with zero attached hydrogens (tertiary/aromatic N) is 1. The average Bonchev–Trinajstić information content (AvgIpc) is 2.82. The summed E-state index contributed by atoms with van der Waals surface area (Å²) in [6, 6.07) is 13.8. The van der Waals surface area contributed by atoms with Crippen molar-refractivity contribution in [1.29, 1.82) is 0 Å². The smallest absolute Gasteiger partial charge is 0.230 e. The van der Waals surface area contributed by atoms with Crippen molar-refractivity contribution in [1.82, 2.24) is 9.88 Å². The molecule has 0 bridgehead atoms. The molecular formula is C16H20N2O. The molecule has 1 aromatic heterocycles. The number of hydrogen-bond acceptors (Lipinski definition) is 1. The van der Waals surface area contributed by atoms with Crippen molar-refractivity contribution < 1.29 is 4.79 Å². The van der Waals surface area contributed by atoms with Crippen LogP contribution in [0, 0.1) is 0 Å². The largest absolute Gasteiger partial charge is 0.353 e. The number of nitrogens with one attached hydrogen (secondary N) is 1. The quantitative estimate of drug-likeness (QED) is 0.896. The second-order valence-electron chi connectivity index (χ2n) is 5.28. The van der Waals surface area contributed by atoms with Crippen LogP contribution in [0.4, 0.5) is 0 Å². The van der Waals surface area contributed by atoms with Gasteiger partial charge in [-0.1, -0.05) is 30.3 Å². The van der Waals surface area contributed by atoms with Gasteiger partial charge in [0.25, 0.3) is 0 Å². The van der Waals surface area contributed by atoms with Gasteiger partial charge < -0.3 is 9.88 Å². The van der Waals surface area contributed by atoms with Crippen LogP contribution in [0.1, 0.15) is 25.1 Å². The van der Waals surface area contributed by atoms with E-state index in [1.807, 2.05) is 74.1 Å². The second-order valence-corrected chi connectivity index (χ2v) is 5.28. The Morgan fingerprint density at radius 3 is 2.42 bits per heavy atom. The van der Waals surface area contributed by atoms with Gasteiger partial charge in [0.1, 0.15) is 0 Å². The highest BCUT2D eigenvalue weighted by molar-refractivity contribution is 5.87. The summed E-state index contributed by atoms with van der Waals surface area (Å²) >= 11 is 0. The van der Waals surface area contributed by atoms with Gasteiger partial charge in [0.05, 0.1) is 12.0 Å². The summed E-state index contributed by atoms with van der Waals surface area (Å²) in [5.74, 6) is 0.0416. The fourth-order valence-corrected chi connectivity index (χ4v) is 2.06. The van der Waals surface area contributed by atoms with Crippen LogP contribution in [0.5, 0.6) is 0 Å². The van der Waals surface area contributed by atoms with Crippen LogP contribution >= 0.6 is 0 Å². The first-order valence-corrected chi connectivity index (χ1v) is 6.46. The molecule has 100 valence electrons. The van der Waals surface area contributed by atoms with E-state index in [1.54, 1.807) is 0 Å². The highest BCUT2D eigenvalue weighted by Gasteiger charge is 2.29. The molecule has 19 heavy (non-hydrogen) atoms. The molecule has 2 aromatic rings. The third kappa shape index (κ3) is 2.87. The molecule has 3 heteroatoms. The maximum atomic E-state index is 12.4. The van der Waals surface area contributed by atoms with Gasteiger partial charge >= 0.3 is 0 Å². The second kappa shape index (κ2) is 5.31. The van der Waals surface area contributed by atoms with Crippen molar-refractivity contribution in [3.63, 3.8) is 0 Å². The summed E-state index contributed by atoms with van der Waals surface area (Å²) in [7, 11) is 1.98. The summed E-state index contributed by atoms with van der Waals surface area (Å²) in [6.07, 6.45) is 1.98. The molecule has 0 aliphatic heterocycles. The predicted molar refractivity (Wildman–Crippen MR) is 76.7 cm³/mol. The summed E-state index contributed by atoms with van der Waals surface area (Å²) < 4.78 is 2.01. The van der Waals surface area contributed by atoms with Crippen molar-refractivity contribution in [3.05, 3.63) is 59.9 Å². The fourth-order valence-electron chi connectivity index (χ4n) is 2.06. The van der Waals surface area contributed by atoms with Gasteiger partial charge in [-0.15, -0.1) is 0 Å². The molecule has 0 aliphatic rings. The van der Waals surface area contributed by atoms with Crippen molar-refractivity contribution in [3.8, 4) is 0 Å². The maximum Gasteiger partial charge on any atom is 0.230 e. The zero-order valence-corrected chi connectivity index (χ0v) is 11.7. The van der Waals surface area contributed by atoms with Gasteiger partial charge in [-0.25, -0.2) is 0 Å². The van der Waals surface area contributed by atoms with E-state index in [0.717, 1.165) is 11.3 Å².